The van der Waals surface area contributed by atoms with Crippen molar-refractivity contribution in [1.82, 2.24) is 10.1 Å². The Morgan fingerprint density at radius 2 is 1.95 bits per heavy atom. The molecule has 0 saturated carbocycles. The molecule has 110 valence electrons. The number of carbonyl (C=O) groups excluding carboxylic acids is 1. The highest BCUT2D eigenvalue weighted by molar-refractivity contribution is 5.96. The van der Waals surface area contributed by atoms with Gasteiger partial charge in [0.05, 0.1) is 18.2 Å². The van der Waals surface area contributed by atoms with Crippen molar-refractivity contribution in [2.45, 2.75) is 6.92 Å². The highest BCUT2D eigenvalue weighted by atomic mass is 16.5. The van der Waals surface area contributed by atoms with Crippen LogP contribution in [0.15, 0.2) is 53.1 Å². The number of esters is 1. The Morgan fingerprint density at radius 1 is 1.14 bits per heavy atom. The zero-order chi connectivity index (χ0) is 15.5. The Kier molecular flexibility index (Phi) is 3.70. The Balaban J connectivity index is 2.03. The molecule has 1 heterocycles. The molecule has 0 amide bonds. The zero-order valence-electron chi connectivity index (χ0n) is 12.2. The quantitative estimate of drug-likeness (QED) is 0.692. The molecular weight excluding hydrogens is 280 g/mol. The van der Waals surface area contributed by atoms with E-state index in [1.54, 1.807) is 24.3 Å². The first-order valence-electron chi connectivity index (χ1n) is 6.77. The van der Waals surface area contributed by atoms with Crippen molar-refractivity contribution >= 4 is 5.97 Å². The molecule has 5 heteroatoms. The van der Waals surface area contributed by atoms with Gasteiger partial charge in [-0.1, -0.05) is 41.1 Å². The summed E-state index contributed by atoms with van der Waals surface area (Å²) in [7, 11) is 1.34. The first-order chi connectivity index (χ1) is 10.7. The molecule has 2 aromatic carbocycles. The third-order valence-electron chi connectivity index (χ3n) is 3.27. The highest BCUT2D eigenvalue weighted by Crippen LogP contribution is 2.25. The van der Waals surface area contributed by atoms with Crippen molar-refractivity contribution in [3.05, 3.63) is 59.7 Å². The van der Waals surface area contributed by atoms with Crippen LogP contribution in [0, 0.1) is 6.92 Å². The summed E-state index contributed by atoms with van der Waals surface area (Å²) in [6.45, 7) is 2.00. The van der Waals surface area contributed by atoms with Gasteiger partial charge in [-0.2, -0.15) is 4.98 Å². The van der Waals surface area contributed by atoms with Gasteiger partial charge in [0.25, 0.3) is 5.89 Å². The van der Waals surface area contributed by atoms with E-state index >= 15 is 0 Å². The van der Waals surface area contributed by atoms with Crippen molar-refractivity contribution in [2.75, 3.05) is 7.11 Å². The molecule has 0 atom stereocenters. The number of carbonyl (C=O) groups is 1. The van der Waals surface area contributed by atoms with Gasteiger partial charge >= 0.3 is 5.97 Å². The predicted molar refractivity (Wildman–Crippen MR) is 81.2 cm³/mol. The summed E-state index contributed by atoms with van der Waals surface area (Å²) in [6.07, 6.45) is 0. The normalized spacial score (nSPS) is 10.5. The van der Waals surface area contributed by atoms with Crippen molar-refractivity contribution < 1.29 is 14.1 Å². The van der Waals surface area contributed by atoms with Crippen molar-refractivity contribution in [2.24, 2.45) is 0 Å². The highest BCUT2D eigenvalue weighted by Gasteiger charge is 2.18. The molecule has 3 aromatic rings. The lowest BCUT2D eigenvalue weighted by molar-refractivity contribution is 0.0601. The fraction of sp³-hybridized carbons (Fsp3) is 0.118. The average molecular weight is 294 g/mol. The summed E-state index contributed by atoms with van der Waals surface area (Å²) < 4.78 is 10.1. The Bertz CT molecular complexity index is 824. The van der Waals surface area contributed by atoms with Gasteiger partial charge in [0.1, 0.15) is 0 Å². The second-order valence-corrected chi connectivity index (χ2v) is 4.83. The van der Waals surface area contributed by atoms with Crippen LogP contribution in [0.2, 0.25) is 0 Å². The van der Waals surface area contributed by atoms with E-state index in [2.05, 4.69) is 10.1 Å². The number of hydrogen-bond acceptors (Lipinski definition) is 5. The van der Waals surface area contributed by atoms with Gasteiger partial charge in [0.15, 0.2) is 0 Å². The molecule has 0 bridgehead atoms. The van der Waals surface area contributed by atoms with Crippen LogP contribution in [-0.4, -0.2) is 23.2 Å². The van der Waals surface area contributed by atoms with Crippen LogP contribution < -0.4 is 0 Å². The zero-order valence-corrected chi connectivity index (χ0v) is 12.2. The topological polar surface area (TPSA) is 65.2 Å². The second-order valence-electron chi connectivity index (χ2n) is 4.83. The van der Waals surface area contributed by atoms with E-state index in [4.69, 9.17) is 9.26 Å². The molecule has 0 aliphatic heterocycles. The number of methoxy groups -OCH3 is 1. The monoisotopic (exact) mass is 294 g/mol. The van der Waals surface area contributed by atoms with Gasteiger partial charge in [-0.25, -0.2) is 4.79 Å². The number of rotatable bonds is 3. The van der Waals surface area contributed by atoms with Crippen LogP contribution in [0.5, 0.6) is 0 Å². The number of ether oxygens (including phenoxy) is 1. The lowest BCUT2D eigenvalue weighted by Gasteiger charge is -2.02. The molecule has 0 aliphatic carbocycles. The van der Waals surface area contributed by atoms with Crippen molar-refractivity contribution in [3.63, 3.8) is 0 Å². The van der Waals surface area contributed by atoms with E-state index in [1.807, 2.05) is 31.2 Å². The standard InChI is InChI=1S/C17H14N2O3/c1-11-6-5-7-12(10-11)15-18-16(22-19-15)13-8-3-4-9-14(13)17(20)21-2/h3-10H,1-2H3. The number of nitrogens with zero attached hydrogens (tertiary/aromatic N) is 2. The summed E-state index contributed by atoms with van der Waals surface area (Å²) >= 11 is 0. The van der Waals surface area contributed by atoms with E-state index in [9.17, 15) is 4.79 Å². The van der Waals surface area contributed by atoms with Gasteiger partial charge in [-0.3, -0.25) is 0 Å². The summed E-state index contributed by atoms with van der Waals surface area (Å²) in [4.78, 5) is 16.2. The minimum Gasteiger partial charge on any atom is -0.465 e. The van der Waals surface area contributed by atoms with Crippen LogP contribution in [-0.2, 0) is 4.74 Å². The molecule has 0 N–H and O–H groups in total. The third-order valence-corrected chi connectivity index (χ3v) is 3.27. The van der Waals surface area contributed by atoms with Crippen LogP contribution in [0.25, 0.3) is 22.8 Å². The molecule has 0 aliphatic rings. The van der Waals surface area contributed by atoms with Crippen LogP contribution >= 0.6 is 0 Å². The maximum absolute atomic E-state index is 11.8. The first-order valence-corrected chi connectivity index (χ1v) is 6.77. The van der Waals surface area contributed by atoms with Crippen LogP contribution in [0.1, 0.15) is 15.9 Å². The number of aryl methyl sites for hydroxylation is 1. The summed E-state index contributed by atoms with van der Waals surface area (Å²) in [5, 5.41) is 3.99. The molecule has 0 spiro atoms. The molecule has 0 unspecified atom stereocenters. The summed E-state index contributed by atoms with van der Waals surface area (Å²) in [6, 6.07) is 14.8. The SMILES string of the molecule is COC(=O)c1ccccc1-c1nc(-c2cccc(C)c2)no1. The number of hydrogen-bond donors (Lipinski definition) is 0. The molecule has 0 radical (unpaired) electrons. The summed E-state index contributed by atoms with van der Waals surface area (Å²) in [5.41, 5.74) is 2.93. The largest absolute Gasteiger partial charge is 0.465 e. The van der Waals surface area contributed by atoms with Crippen molar-refractivity contribution in [3.8, 4) is 22.8 Å². The Hall–Kier alpha value is -2.95. The smallest absolute Gasteiger partial charge is 0.338 e. The summed E-state index contributed by atoms with van der Waals surface area (Å²) in [5.74, 6) is 0.335. The molecule has 0 fully saturated rings. The minimum atomic E-state index is -0.439. The van der Waals surface area contributed by atoms with Gasteiger partial charge in [-0.05, 0) is 25.1 Å². The molecule has 0 saturated heterocycles. The van der Waals surface area contributed by atoms with E-state index in [1.165, 1.54) is 7.11 Å². The number of aromatic nitrogens is 2. The fourth-order valence-corrected chi connectivity index (χ4v) is 2.19. The maximum atomic E-state index is 11.8. The van der Waals surface area contributed by atoms with Crippen LogP contribution in [0.4, 0.5) is 0 Å². The molecule has 3 rings (SSSR count). The fourth-order valence-electron chi connectivity index (χ4n) is 2.19. The Morgan fingerprint density at radius 3 is 2.73 bits per heavy atom. The second kappa shape index (κ2) is 5.81. The molecule has 5 nitrogen and oxygen atoms in total. The number of benzene rings is 2. The van der Waals surface area contributed by atoms with E-state index in [0.29, 0.717) is 17.0 Å². The van der Waals surface area contributed by atoms with Crippen molar-refractivity contribution in [1.29, 1.82) is 0 Å². The lowest BCUT2D eigenvalue weighted by Crippen LogP contribution is -2.03. The van der Waals surface area contributed by atoms with Crippen LogP contribution in [0.3, 0.4) is 0 Å². The van der Waals surface area contributed by atoms with E-state index in [-0.39, 0.29) is 5.89 Å². The Labute approximate surface area is 127 Å². The molecule has 22 heavy (non-hydrogen) atoms. The van der Waals surface area contributed by atoms with Gasteiger partial charge < -0.3 is 9.26 Å². The lowest BCUT2D eigenvalue weighted by atomic mass is 10.1. The first kappa shape index (κ1) is 14.0. The third kappa shape index (κ3) is 2.61. The minimum absolute atomic E-state index is 0.289. The van der Waals surface area contributed by atoms with E-state index < -0.39 is 5.97 Å². The van der Waals surface area contributed by atoms with Gasteiger partial charge in [-0.15, -0.1) is 0 Å². The van der Waals surface area contributed by atoms with Gasteiger partial charge in [0.2, 0.25) is 5.82 Å². The van der Waals surface area contributed by atoms with Gasteiger partial charge in [0, 0.05) is 5.56 Å². The maximum Gasteiger partial charge on any atom is 0.338 e. The average Bonchev–Trinajstić information content (AvgIpc) is 3.04. The molecular formula is C17H14N2O3. The van der Waals surface area contributed by atoms with E-state index in [0.717, 1.165) is 11.1 Å². The predicted octanol–water partition coefficient (Wildman–Crippen LogP) is 3.50. The molecule has 1 aromatic heterocycles.